The van der Waals surface area contributed by atoms with E-state index in [4.69, 9.17) is 10.8 Å². The molecule has 0 unspecified atom stereocenters. The first-order valence-corrected chi connectivity index (χ1v) is 3.67. The van der Waals surface area contributed by atoms with Crippen LogP contribution < -0.4 is 5.73 Å². The average Bonchev–Trinajstić information content (AvgIpc) is 2.03. The number of aliphatic hydroxyl groups is 1. The molecule has 0 aliphatic heterocycles. The summed E-state index contributed by atoms with van der Waals surface area (Å²) in [5.41, 5.74) is 7.78. The number of rotatable bonds is 2. The normalized spacial score (nSPS) is 11.9. The number of nitrogens with two attached hydrogens (primary N) is 1. The summed E-state index contributed by atoms with van der Waals surface area (Å²) in [6.45, 7) is 2.01. The van der Waals surface area contributed by atoms with E-state index in [1.54, 1.807) is 0 Å². The van der Waals surface area contributed by atoms with Gasteiger partial charge in [0.15, 0.2) is 0 Å². The zero-order chi connectivity index (χ0) is 8.27. The fourth-order valence-electron chi connectivity index (χ4n) is 1.01. The molecule has 0 saturated heterocycles. The summed E-state index contributed by atoms with van der Waals surface area (Å²) in [5.74, 6) is 0. The lowest BCUT2D eigenvalue weighted by Gasteiger charge is -2.08. The first kappa shape index (κ1) is 11.4. The van der Waals surface area contributed by atoms with Crippen molar-refractivity contribution in [2.45, 2.75) is 13.0 Å². The predicted octanol–water partition coefficient (Wildman–Crippen LogP) is 1.41. The van der Waals surface area contributed by atoms with E-state index in [1.165, 1.54) is 5.56 Å². The molecular formula is C9H14ClNO. The summed E-state index contributed by atoms with van der Waals surface area (Å²) in [5, 5.41) is 8.75. The first-order valence-electron chi connectivity index (χ1n) is 3.67. The summed E-state index contributed by atoms with van der Waals surface area (Å²) in [4.78, 5) is 0. The molecule has 2 nitrogen and oxygen atoms in total. The lowest BCUT2D eigenvalue weighted by atomic mass is 10.1. The molecule has 1 aromatic rings. The Hall–Kier alpha value is -0.570. The third-order valence-corrected chi connectivity index (χ3v) is 1.67. The minimum absolute atomic E-state index is 0. The first-order chi connectivity index (χ1) is 5.24. The van der Waals surface area contributed by atoms with Gasteiger partial charge in [0, 0.05) is 0 Å². The Bertz CT molecular complexity index is 240. The lowest BCUT2D eigenvalue weighted by Crippen LogP contribution is -2.14. The molecule has 3 N–H and O–H groups in total. The van der Waals surface area contributed by atoms with Gasteiger partial charge in [0.1, 0.15) is 0 Å². The van der Waals surface area contributed by atoms with Gasteiger partial charge in [-0.3, -0.25) is 0 Å². The smallest absolute Gasteiger partial charge is 0.0624 e. The fourth-order valence-corrected chi connectivity index (χ4v) is 1.01. The Morgan fingerprint density at radius 1 is 1.50 bits per heavy atom. The van der Waals surface area contributed by atoms with Gasteiger partial charge in [-0.15, -0.1) is 12.4 Å². The van der Waals surface area contributed by atoms with Crippen LogP contribution in [-0.4, -0.2) is 11.7 Å². The number of aliphatic hydroxyl groups excluding tert-OH is 1. The van der Waals surface area contributed by atoms with E-state index in [-0.39, 0.29) is 25.1 Å². The standard InChI is InChI=1S/C9H13NO.ClH/c1-7-3-2-4-8(5-7)9(10)6-11;/h2-5,9,11H,6,10H2,1H3;1H/t9-;/m0./s1. The number of halogens is 1. The van der Waals surface area contributed by atoms with Gasteiger partial charge in [-0.1, -0.05) is 29.8 Å². The van der Waals surface area contributed by atoms with Crippen LogP contribution in [0.25, 0.3) is 0 Å². The highest BCUT2D eigenvalue weighted by Crippen LogP contribution is 2.10. The van der Waals surface area contributed by atoms with Gasteiger partial charge in [0.2, 0.25) is 0 Å². The van der Waals surface area contributed by atoms with E-state index in [0.717, 1.165) is 5.56 Å². The van der Waals surface area contributed by atoms with Crippen molar-refractivity contribution in [3.05, 3.63) is 35.4 Å². The molecule has 0 bridgehead atoms. The van der Waals surface area contributed by atoms with Crippen molar-refractivity contribution in [3.8, 4) is 0 Å². The number of benzene rings is 1. The molecule has 0 aromatic heterocycles. The van der Waals surface area contributed by atoms with Crippen molar-refractivity contribution >= 4 is 12.4 Å². The van der Waals surface area contributed by atoms with Crippen LogP contribution in [0.2, 0.25) is 0 Å². The molecule has 0 amide bonds. The Morgan fingerprint density at radius 2 is 2.17 bits per heavy atom. The summed E-state index contributed by atoms with van der Waals surface area (Å²) >= 11 is 0. The maximum Gasteiger partial charge on any atom is 0.0624 e. The van der Waals surface area contributed by atoms with Crippen LogP contribution in [-0.2, 0) is 0 Å². The molecule has 3 heteroatoms. The predicted molar refractivity (Wildman–Crippen MR) is 52.4 cm³/mol. The number of hydrogen-bond donors (Lipinski definition) is 2. The summed E-state index contributed by atoms with van der Waals surface area (Å²) in [6.07, 6.45) is 0. The van der Waals surface area contributed by atoms with Gasteiger partial charge in [-0.25, -0.2) is 0 Å². The van der Waals surface area contributed by atoms with Crippen molar-refractivity contribution in [1.82, 2.24) is 0 Å². The Balaban J connectivity index is 0.00000121. The Labute approximate surface area is 78.8 Å². The third kappa shape index (κ3) is 2.81. The SMILES string of the molecule is Cc1cccc([C@@H](N)CO)c1.Cl. The van der Waals surface area contributed by atoms with E-state index < -0.39 is 0 Å². The van der Waals surface area contributed by atoms with Crippen LogP contribution in [0.1, 0.15) is 17.2 Å². The monoisotopic (exact) mass is 187 g/mol. The molecule has 1 atom stereocenters. The second-order valence-corrected chi connectivity index (χ2v) is 2.70. The summed E-state index contributed by atoms with van der Waals surface area (Å²) < 4.78 is 0. The van der Waals surface area contributed by atoms with Gasteiger partial charge in [0.05, 0.1) is 12.6 Å². The quantitative estimate of drug-likeness (QED) is 0.736. The van der Waals surface area contributed by atoms with Gasteiger partial charge < -0.3 is 10.8 Å². The molecule has 68 valence electrons. The maximum atomic E-state index is 8.75. The van der Waals surface area contributed by atoms with Crippen LogP contribution in [0.5, 0.6) is 0 Å². The van der Waals surface area contributed by atoms with E-state index in [9.17, 15) is 0 Å². The van der Waals surface area contributed by atoms with E-state index in [0.29, 0.717) is 0 Å². The minimum Gasteiger partial charge on any atom is -0.394 e. The van der Waals surface area contributed by atoms with Crippen molar-refractivity contribution in [2.75, 3.05) is 6.61 Å². The second kappa shape index (κ2) is 5.14. The number of hydrogen-bond acceptors (Lipinski definition) is 2. The lowest BCUT2D eigenvalue weighted by molar-refractivity contribution is 0.268. The maximum absolute atomic E-state index is 8.75. The Morgan fingerprint density at radius 3 is 2.67 bits per heavy atom. The molecule has 0 heterocycles. The highest BCUT2D eigenvalue weighted by Gasteiger charge is 2.02. The molecule has 0 aliphatic rings. The molecule has 0 fully saturated rings. The molecule has 0 radical (unpaired) electrons. The van der Waals surface area contributed by atoms with Gasteiger partial charge in [-0.05, 0) is 12.5 Å². The molecule has 1 aromatic carbocycles. The highest BCUT2D eigenvalue weighted by atomic mass is 35.5. The largest absolute Gasteiger partial charge is 0.394 e. The van der Waals surface area contributed by atoms with Gasteiger partial charge in [0.25, 0.3) is 0 Å². The van der Waals surface area contributed by atoms with Crippen molar-refractivity contribution in [2.24, 2.45) is 5.73 Å². The van der Waals surface area contributed by atoms with Crippen LogP contribution in [0.3, 0.4) is 0 Å². The molecule has 12 heavy (non-hydrogen) atoms. The zero-order valence-electron chi connectivity index (χ0n) is 7.03. The minimum atomic E-state index is -0.241. The van der Waals surface area contributed by atoms with Gasteiger partial charge >= 0.3 is 0 Å². The number of aryl methyl sites for hydroxylation is 1. The van der Waals surface area contributed by atoms with Gasteiger partial charge in [-0.2, -0.15) is 0 Å². The fraction of sp³-hybridized carbons (Fsp3) is 0.333. The van der Waals surface area contributed by atoms with Crippen LogP contribution >= 0.6 is 12.4 Å². The third-order valence-electron chi connectivity index (χ3n) is 1.67. The van der Waals surface area contributed by atoms with Crippen LogP contribution in [0.15, 0.2) is 24.3 Å². The molecule has 0 saturated carbocycles. The topological polar surface area (TPSA) is 46.2 Å². The zero-order valence-corrected chi connectivity index (χ0v) is 7.84. The summed E-state index contributed by atoms with van der Waals surface area (Å²) in [7, 11) is 0. The van der Waals surface area contributed by atoms with Crippen molar-refractivity contribution < 1.29 is 5.11 Å². The second-order valence-electron chi connectivity index (χ2n) is 2.70. The van der Waals surface area contributed by atoms with Crippen LogP contribution in [0.4, 0.5) is 0 Å². The average molecular weight is 188 g/mol. The summed E-state index contributed by atoms with van der Waals surface area (Å²) in [6, 6.07) is 7.62. The molecule has 0 aliphatic carbocycles. The molecular weight excluding hydrogens is 174 g/mol. The van der Waals surface area contributed by atoms with E-state index in [2.05, 4.69) is 0 Å². The van der Waals surface area contributed by atoms with E-state index >= 15 is 0 Å². The Kier molecular flexibility index (Phi) is 4.90. The molecule has 0 spiro atoms. The van der Waals surface area contributed by atoms with E-state index in [1.807, 2.05) is 31.2 Å². The van der Waals surface area contributed by atoms with Crippen molar-refractivity contribution in [1.29, 1.82) is 0 Å². The highest BCUT2D eigenvalue weighted by molar-refractivity contribution is 5.85. The van der Waals surface area contributed by atoms with Crippen LogP contribution in [0, 0.1) is 6.92 Å². The molecule has 1 rings (SSSR count). The van der Waals surface area contributed by atoms with Crippen molar-refractivity contribution in [3.63, 3.8) is 0 Å².